The van der Waals surface area contributed by atoms with Gasteiger partial charge in [-0.05, 0) is 191 Å². The third-order valence-electron chi connectivity index (χ3n) is 23.0. The number of ether oxygens (including phenoxy) is 7. The Labute approximate surface area is 799 Å². The monoisotopic (exact) mass is 1930 g/mol. The zero-order valence-electron chi connectivity index (χ0n) is 74.7. The minimum atomic E-state index is -4.85. The molecule has 12 heterocycles. The fourth-order valence-electron chi connectivity index (χ4n) is 16.3. The van der Waals surface area contributed by atoms with E-state index in [1.165, 1.54) is 64.8 Å². The van der Waals surface area contributed by atoms with Crippen LogP contribution in [0.25, 0.3) is 45.8 Å². The number of esters is 2. The van der Waals surface area contributed by atoms with Gasteiger partial charge in [0.05, 0.1) is 77.5 Å². The fraction of sp³-hybridized carbons (Fsp3) is 0.184. The van der Waals surface area contributed by atoms with E-state index in [0.717, 1.165) is 62.9 Å². The molecule has 0 bridgehead atoms. The molecule has 0 aliphatic carbocycles. The number of amides is 2. The van der Waals surface area contributed by atoms with Crippen LogP contribution < -0.4 is 43.3 Å². The smallest absolute Gasteiger partial charge is 0.497 e. The lowest BCUT2D eigenvalue weighted by atomic mass is 9.96. The fourth-order valence-corrected chi connectivity index (χ4v) is 16.6. The summed E-state index contributed by atoms with van der Waals surface area (Å²) in [5.74, 6) is 0.650. The van der Waals surface area contributed by atoms with Crippen LogP contribution in [0.2, 0.25) is 10.6 Å². The molecule has 0 saturated carbocycles. The molecule has 3 atom stereocenters. The van der Waals surface area contributed by atoms with Gasteiger partial charge < -0.3 is 65.5 Å². The number of nitrogens with zero attached hydrogens (tertiary/aromatic N) is 12. The van der Waals surface area contributed by atoms with Crippen molar-refractivity contribution in [3.8, 4) is 74.6 Å². The molecule has 20 rings (SSSR count). The Bertz CT molecular complexity index is 7040. The number of para-hydroxylation sites is 1. The quantitative estimate of drug-likeness (QED) is 0.0262. The first-order chi connectivity index (χ1) is 67.2. The van der Waals surface area contributed by atoms with Crippen LogP contribution >= 0.6 is 23.2 Å². The number of benzene rings is 8. The number of aromatic nitrogens is 8. The molecule has 4 aliphatic rings. The third kappa shape index (κ3) is 21.7. The Morgan fingerprint density at radius 2 is 0.892 bits per heavy atom. The molecule has 36 heteroatoms. The highest BCUT2D eigenvalue weighted by molar-refractivity contribution is 6.29. The first kappa shape index (κ1) is 94.5. The number of carbonyl (C=O) groups excluding carboxylic acids is 4. The lowest BCUT2D eigenvalue weighted by molar-refractivity contribution is -0.275. The van der Waals surface area contributed by atoms with Gasteiger partial charge in [-0.2, -0.15) is 4.98 Å². The van der Waals surface area contributed by atoms with Crippen LogP contribution in [-0.4, -0.2) is 105 Å². The van der Waals surface area contributed by atoms with Crippen LogP contribution in [0.4, 0.5) is 54.1 Å². The normalized spacial score (nSPS) is 14.3. The Balaban J connectivity index is 0.000000132. The Kier molecular flexibility index (Phi) is 28.3. The summed E-state index contributed by atoms with van der Waals surface area (Å²) in [7, 11) is 8.11. The van der Waals surface area contributed by atoms with Crippen molar-refractivity contribution in [2.24, 2.45) is 0 Å². The number of furan rings is 4. The molecule has 8 aromatic heterocycles. The average Bonchev–Trinajstić information content (AvgIpc) is 1.56. The molecule has 27 nitrogen and oxygen atoms in total. The number of cyclic esters (lactones) is 2. The second-order valence-electron chi connectivity index (χ2n) is 32.0. The number of hydrogen-bond donors (Lipinski definition) is 0. The van der Waals surface area contributed by atoms with E-state index in [2.05, 4.69) is 24.7 Å². The molecule has 139 heavy (non-hydrogen) atoms. The number of fused-ring (bicyclic) bond motifs is 4. The van der Waals surface area contributed by atoms with E-state index in [9.17, 15) is 49.9 Å². The van der Waals surface area contributed by atoms with Gasteiger partial charge in [0.1, 0.15) is 121 Å². The Morgan fingerprint density at radius 1 is 0.439 bits per heavy atom. The van der Waals surface area contributed by atoms with E-state index >= 15 is 0 Å². The summed E-state index contributed by atoms with van der Waals surface area (Å²) in [6.45, 7) is 3.37. The second kappa shape index (κ2) is 41.5. The summed E-state index contributed by atoms with van der Waals surface area (Å²) in [6.07, 6.45) is -1.22. The summed E-state index contributed by atoms with van der Waals surface area (Å²) >= 11 is 12.0. The third-order valence-corrected chi connectivity index (χ3v) is 23.3. The van der Waals surface area contributed by atoms with Gasteiger partial charge in [0, 0.05) is 69.3 Å². The molecule has 8 aromatic carbocycles. The molecular formula is C103H81Cl2F7N12O15. The van der Waals surface area contributed by atoms with Crippen molar-refractivity contribution in [3.63, 3.8) is 0 Å². The van der Waals surface area contributed by atoms with Gasteiger partial charge in [-0.1, -0.05) is 109 Å². The van der Waals surface area contributed by atoms with Crippen LogP contribution in [0.15, 0.2) is 273 Å². The van der Waals surface area contributed by atoms with E-state index in [1.54, 1.807) is 103 Å². The standard InChI is InChI=1S/C34H30F2N4O4.C33H28F2N4O4.C19H12ClF3N2O4.C17H11ClN2O3/c1-39-32-30(27(33(39)41)17-23-10-11-24(35)18-28(23)36)37-34(38-31(32)29-5-4-16-44-29)40(19-21-6-12-25(42-2)13-7-21)20-22-8-14-26(43-3)15-9-22;1-41-25-11-5-21(6-12-25)18-38(19-22-7-13-26(42-2)14-8-22)33-36-31(29-4-3-15-43-29)27-17-30(40)39(32(27)37-33)20-23-9-10-24(34)16-28(23)35;1-9-6-7-12(27-9)15-14-16(25-18(20)24-15)13(28-17(14)26)8-10-4-2-3-5-11(10)29-19(21,22)23;18-17-19-14(11-7-4-8-22-11)13-15(20-17)12(23-16(13)21)9-10-5-2-1-3-6-10/h4-16,18,27H,17,19-20H2,1-3H3;3-16H,17-20H2,1-2H3;2-7,13H,8H2,1H3;1-8,12H,9H2/t;;;12-/m...0/s1. The van der Waals surface area contributed by atoms with E-state index in [1.807, 2.05) is 137 Å². The van der Waals surface area contributed by atoms with Crippen LogP contribution in [0, 0.1) is 30.2 Å². The zero-order valence-corrected chi connectivity index (χ0v) is 76.2. The zero-order chi connectivity index (χ0) is 97.3. The molecule has 0 spiro atoms. The SMILES string of the molecule is COc1ccc(CN(Cc2ccc(OC)cc2)c2nc(-c3ccco3)c3c(n2)C(Cc2ccc(F)cc2F)C(=O)N3C)cc1.COc1ccc(CN(Cc2ccc(OC)cc2)c2nc(-c3ccco3)c3c(n2)N(Cc2ccc(F)cc2F)C(=O)C3)cc1.Cc1ccc(-c2nc(Cl)nc3c2C(=O)OC3Cc2ccccc2OC(F)(F)F)o1.O=C1O[C@@H](Cc2ccccc2)c2nc(Cl)nc(-c3ccco3)c21. The molecule has 0 saturated heterocycles. The van der Waals surface area contributed by atoms with Crippen LogP contribution in [0.3, 0.4) is 0 Å². The van der Waals surface area contributed by atoms with E-state index in [4.69, 9.17) is 89.2 Å². The molecule has 0 radical (unpaired) electrons. The number of rotatable bonds is 27. The highest BCUT2D eigenvalue weighted by Crippen LogP contribution is 2.47. The first-order valence-electron chi connectivity index (χ1n) is 43.1. The number of aryl methyl sites for hydroxylation is 1. The van der Waals surface area contributed by atoms with Gasteiger partial charge in [-0.25, -0.2) is 62.0 Å². The number of anilines is 4. The number of alkyl halides is 3. The van der Waals surface area contributed by atoms with Crippen LogP contribution in [0.1, 0.15) is 112 Å². The molecule has 0 N–H and O–H groups in total. The summed E-state index contributed by atoms with van der Waals surface area (Å²) in [5.41, 5.74) is 9.66. The first-order valence-corrected chi connectivity index (χ1v) is 43.9. The molecule has 706 valence electrons. The highest BCUT2D eigenvalue weighted by Gasteiger charge is 2.44. The summed E-state index contributed by atoms with van der Waals surface area (Å²) in [4.78, 5) is 94.9. The number of hydrogen-bond acceptors (Lipinski definition) is 25. The van der Waals surface area contributed by atoms with Crippen molar-refractivity contribution < 1.29 is 101 Å². The van der Waals surface area contributed by atoms with Crippen molar-refractivity contribution >= 4 is 70.4 Å². The van der Waals surface area contributed by atoms with E-state index in [0.29, 0.717) is 124 Å². The maximum atomic E-state index is 14.8. The summed E-state index contributed by atoms with van der Waals surface area (Å²) < 4.78 is 153. The molecule has 2 amide bonds. The molecule has 4 aliphatic heterocycles. The molecule has 0 fully saturated rings. The van der Waals surface area contributed by atoms with E-state index < -0.39 is 59.7 Å². The van der Waals surface area contributed by atoms with Crippen LogP contribution in [-0.2, 0) is 77.5 Å². The van der Waals surface area contributed by atoms with Gasteiger partial charge >= 0.3 is 18.3 Å². The maximum absolute atomic E-state index is 14.8. The topological polar surface area (TPSA) is 302 Å². The Morgan fingerprint density at radius 3 is 1.36 bits per heavy atom. The predicted octanol–water partition coefficient (Wildman–Crippen LogP) is 21.8. The van der Waals surface area contributed by atoms with Crippen molar-refractivity contribution in [1.82, 2.24) is 39.9 Å². The minimum Gasteiger partial charge on any atom is -0.497 e. The number of likely N-dealkylation sites (N-methyl/N-ethyl adjacent to an activating group) is 1. The number of carbonyl (C=O) groups is 4. The van der Waals surface area contributed by atoms with Gasteiger partial charge in [0.2, 0.25) is 34.3 Å². The van der Waals surface area contributed by atoms with Crippen molar-refractivity contribution in [2.45, 2.75) is 89.8 Å². The van der Waals surface area contributed by atoms with Gasteiger partial charge in [0.25, 0.3) is 0 Å². The summed E-state index contributed by atoms with van der Waals surface area (Å²) in [5, 5.41) is -0.0811. The van der Waals surface area contributed by atoms with Gasteiger partial charge in [0.15, 0.2) is 23.0 Å². The minimum absolute atomic E-state index is 0.00724. The molecule has 2 unspecified atom stereocenters. The highest BCUT2D eigenvalue weighted by atomic mass is 35.5. The second-order valence-corrected chi connectivity index (χ2v) is 32.7. The molecule has 16 aromatic rings. The summed E-state index contributed by atoms with van der Waals surface area (Å²) in [6, 6.07) is 66.7. The number of methoxy groups -OCH3 is 4. The van der Waals surface area contributed by atoms with Gasteiger partial charge in [-0.15, -0.1) is 13.2 Å². The largest absolute Gasteiger partial charge is 0.573 e. The van der Waals surface area contributed by atoms with Crippen molar-refractivity contribution in [3.05, 3.63) is 373 Å². The van der Waals surface area contributed by atoms with Gasteiger partial charge in [-0.3, -0.25) is 14.5 Å². The van der Waals surface area contributed by atoms with Crippen molar-refractivity contribution in [1.29, 1.82) is 0 Å². The lowest BCUT2D eigenvalue weighted by Gasteiger charge is -2.25. The predicted molar refractivity (Wildman–Crippen MR) is 496 cm³/mol. The number of halogens is 9. The lowest BCUT2D eigenvalue weighted by Crippen LogP contribution is -2.29. The molecular weight excluding hydrogens is 1850 g/mol. The van der Waals surface area contributed by atoms with Crippen molar-refractivity contribution in [2.75, 3.05) is 55.1 Å². The van der Waals surface area contributed by atoms with E-state index in [-0.39, 0.29) is 87.6 Å². The Hall–Kier alpha value is -16.2. The maximum Gasteiger partial charge on any atom is 0.573 e. The van der Waals surface area contributed by atoms with Crippen LogP contribution in [0.5, 0.6) is 28.7 Å². The average molecular weight is 1930 g/mol.